The molecule has 0 fully saturated rings. The molecular formula is C9H4Br2N2O3. The van der Waals surface area contributed by atoms with E-state index in [0.717, 1.165) is 4.47 Å². The van der Waals surface area contributed by atoms with E-state index in [1.165, 1.54) is 0 Å². The van der Waals surface area contributed by atoms with E-state index in [-0.39, 0.29) is 5.69 Å². The first-order valence-corrected chi connectivity index (χ1v) is 5.70. The summed E-state index contributed by atoms with van der Waals surface area (Å²) in [4.78, 5) is 24.3. The van der Waals surface area contributed by atoms with Gasteiger partial charge in [-0.25, -0.2) is 0 Å². The van der Waals surface area contributed by atoms with Gasteiger partial charge in [0.2, 0.25) is 5.75 Å². The molecule has 7 heteroatoms. The Kier molecular flexibility index (Phi) is 2.81. The zero-order valence-corrected chi connectivity index (χ0v) is 10.8. The maximum atomic E-state index is 11.3. The highest BCUT2D eigenvalue weighted by Gasteiger charge is 2.13. The Morgan fingerprint density at radius 1 is 1.25 bits per heavy atom. The van der Waals surface area contributed by atoms with Gasteiger partial charge in [-0.1, -0.05) is 0 Å². The van der Waals surface area contributed by atoms with Crippen molar-refractivity contribution < 1.29 is 5.11 Å². The number of nitroso groups, excluding NO2 is 1. The minimum Gasteiger partial charge on any atom is -0.501 e. The maximum Gasteiger partial charge on any atom is 0.292 e. The summed E-state index contributed by atoms with van der Waals surface area (Å²) in [5.41, 5.74) is -0.573. The number of hydrogen-bond donors (Lipinski definition) is 2. The second-order valence-corrected chi connectivity index (χ2v) is 4.76. The van der Waals surface area contributed by atoms with Crippen molar-refractivity contribution >= 4 is 48.5 Å². The van der Waals surface area contributed by atoms with Gasteiger partial charge in [-0.05, 0) is 49.2 Å². The topological polar surface area (TPSA) is 82.5 Å². The van der Waals surface area contributed by atoms with Gasteiger partial charge < -0.3 is 10.1 Å². The van der Waals surface area contributed by atoms with Crippen molar-refractivity contribution in [3.63, 3.8) is 0 Å². The molecule has 16 heavy (non-hydrogen) atoms. The van der Waals surface area contributed by atoms with Crippen LogP contribution in [0.25, 0.3) is 10.9 Å². The zero-order valence-electron chi connectivity index (χ0n) is 7.62. The first-order valence-electron chi connectivity index (χ1n) is 4.12. The molecule has 0 radical (unpaired) electrons. The molecule has 0 aliphatic rings. The van der Waals surface area contributed by atoms with Crippen LogP contribution in [0.4, 0.5) is 5.69 Å². The summed E-state index contributed by atoms with van der Waals surface area (Å²) >= 11 is 6.52. The molecule has 5 nitrogen and oxygen atoms in total. The molecule has 0 aliphatic carbocycles. The van der Waals surface area contributed by atoms with Crippen LogP contribution in [0.15, 0.2) is 31.0 Å². The smallest absolute Gasteiger partial charge is 0.292 e. The Morgan fingerprint density at radius 3 is 2.50 bits per heavy atom. The van der Waals surface area contributed by atoms with Crippen molar-refractivity contribution in [1.29, 1.82) is 0 Å². The van der Waals surface area contributed by atoms with Crippen LogP contribution in [0.1, 0.15) is 0 Å². The summed E-state index contributed by atoms with van der Waals surface area (Å²) < 4.78 is 1.41. The van der Waals surface area contributed by atoms with Gasteiger partial charge in [0, 0.05) is 14.3 Å². The fraction of sp³-hybridized carbons (Fsp3) is 0. The lowest BCUT2D eigenvalue weighted by atomic mass is 10.2. The molecule has 0 unspecified atom stereocenters. The van der Waals surface area contributed by atoms with Crippen LogP contribution in [0.2, 0.25) is 0 Å². The van der Waals surface area contributed by atoms with Gasteiger partial charge in [-0.2, -0.15) is 0 Å². The average molecular weight is 348 g/mol. The van der Waals surface area contributed by atoms with E-state index < -0.39 is 11.3 Å². The van der Waals surface area contributed by atoms with Crippen molar-refractivity contribution in [3.05, 3.63) is 36.3 Å². The van der Waals surface area contributed by atoms with Gasteiger partial charge in [0.15, 0.2) is 5.69 Å². The molecule has 1 aromatic carbocycles. The van der Waals surface area contributed by atoms with Gasteiger partial charge in [0.1, 0.15) is 0 Å². The fourth-order valence-corrected chi connectivity index (χ4v) is 2.04. The van der Waals surface area contributed by atoms with Gasteiger partial charge in [0.25, 0.3) is 5.56 Å². The second-order valence-electron chi connectivity index (χ2n) is 3.05. The van der Waals surface area contributed by atoms with Crippen LogP contribution >= 0.6 is 31.9 Å². The highest BCUT2D eigenvalue weighted by atomic mass is 79.9. The van der Waals surface area contributed by atoms with E-state index in [1.807, 2.05) is 0 Å². The number of hydrogen-bond acceptors (Lipinski definition) is 4. The van der Waals surface area contributed by atoms with Gasteiger partial charge in [-0.3, -0.25) is 4.79 Å². The molecule has 0 atom stereocenters. The van der Waals surface area contributed by atoms with Crippen molar-refractivity contribution in [2.75, 3.05) is 0 Å². The number of nitrogens with zero attached hydrogens (tertiary/aromatic N) is 1. The van der Waals surface area contributed by atoms with Crippen LogP contribution in [0, 0.1) is 4.91 Å². The molecule has 0 bridgehead atoms. The molecule has 2 N–H and O–H groups in total. The third kappa shape index (κ3) is 1.65. The Morgan fingerprint density at radius 2 is 1.88 bits per heavy atom. The fourth-order valence-electron chi connectivity index (χ4n) is 1.36. The number of benzene rings is 1. The first kappa shape index (κ1) is 11.3. The van der Waals surface area contributed by atoms with Crippen LogP contribution in [-0.2, 0) is 0 Å². The molecule has 0 saturated carbocycles. The summed E-state index contributed by atoms with van der Waals surface area (Å²) in [5.74, 6) is -0.670. The van der Waals surface area contributed by atoms with Gasteiger partial charge >= 0.3 is 0 Å². The number of nitrogens with one attached hydrogen (secondary N) is 1. The quantitative estimate of drug-likeness (QED) is 0.777. The average Bonchev–Trinajstić information content (AvgIpc) is 2.24. The highest BCUT2D eigenvalue weighted by Crippen LogP contribution is 2.35. The zero-order chi connectivity index (χ0) is 11.9. The summed E-state index contributed by atoms with van der Waals surface area (Å²) in [5, 5.41) is 12.4. The number of rotatable bonds is 1. The number of pyridine rings is 1. The Bertz CT molecular complexity index is 651. The molecule has 0 spiro atoms. The van der Waals surface area contributed by atoms with Crippen molar-refractivity contribution in [2.45, 2.75) is 0 Å². The lowest BCUT2D eigenvalue weighted by Crippen LogP contribution is -2.04. The Labute approximate surface area is 106 Å². The SMILES string of the molecule is O=Nc1c(O)c(=O)[nH]c2cc(Br)c(Br)cc12. The Balaban J connectivity index is 3.03. The predicted molar refractivity (Wildman–Crippen MR) is 67.1 cm³/mol. The summed E-state index contributed by atoms with van der Waals surface area (Å²) in [6.07, 6.45) is 0. The van der Waals surface area contributed by atoms with E-state index >= 15 is 0 Å². The standard InChI is InChI=1S/C9H4Br2N2O3/c10-4-1-3-6(2-5(4)11)12-9(15)8(14)7(3)13-16/h1-2,14H,(H,12,15). The monoisotopic (exact) mass is 346 g/mol. The lowest BCUT2D eigenvalue weighted by Gasteiger charge is -2.04. The minimum absolute atomic E-state index is 0.257. The molecule has 1 heterocycles. The number of H-pyrrole nitrogens is 1. The lowest BCUT2D eigenvalue weighted by molar-refractivity contribution is 0.469. The number of aromatic hydroxyl groups is 1. The number of aromatic amines is 1. The third-order valence-electron chi connectivity index (χ3n) is 2.09. The van der Waals surface area contributed by atoms with Crippen LogP contribution < -0.4 is 5.56 Å². The third-order valence-corrected chi connectivity index (χ3v) is 3.94. The number of fused-ring (bicyclic) bond motifs is 1. The molecule has 0 saturated heterocycles. The van der Waals surface area contributed by atoms with Crippen LogP contribution in [0.3, 0.4) is 0 Å². The van der Waals surface area contributed by atoms with Crippen LogP contribution in [-0.4, -0.2) is 10.1 Å². The molecule has 0 amide bonds. The largest absolute Gasteiger partial charge is 0.501 e. The summed E-state index contributed by atoms with van der Waals surface area (Å²) in [6.45, 7) is 0. The highest BCUT2D eigenvalue weighted by molar-refractivity contribution is 9.13. The first-order chi connectivity index (χ1) is 7.54. The number of halogens is 2. The van der Waals surface area contributed by atoms with Crippen molar-refractivity contribution in [1.82, 2.24) is 4.98 Å². The molecule has 1 aromatic heterocycles. The molecule has 82 valence electrons. The van der Waals surface area contributed by atoms with Crippen LogP contribution in [0.5, 0.6) is 5.75 Å². The number of aromatic nitrogens is 1. The normalized spacial score (nSPS) is 10.6. The van der Waals surface area contributed by atoms with Gasteiger partial charge in [0.05, 0.1) is 5.52 Å². The summed E-state index contributed by atoms with van der Waals surface area (Å²) in [7, 11) is 0. The molecule has 0 aliphatic heterocycles. The summed E-state index contributed by atoms with van der Waals surface area (Å²) in [6, 6.07) is 3.21. The Hall–Kier alpha value is -1.21. The van der Waals surface area contributed by atoms with E-state index in [2.05, 4.69) is 42.0 Å². The minimum atomic E-state index is -0.740. The molecule has 2 rings (SSSR count). The van der Waals surface area contributed by atoms with E-state index in [9.17, 15) is 14.8 Å². The molecular weight excluding hydrogens is 344 g/mol. The van der Waals surface area contributed by atoms with E-state index in [0.29, 0.717) is 15.4 Å². The predicted octanol–water partition coefficient (Wildman–Crippen LogP) is 3.16. The van der Waals surface area contributed by atoms with E-state index in [1.54, 1.807) is 12.1 Å². The van der Waals surface area contributed by atoms with E-state index in [4.69, 9.17) is 0 Å². The van der Waals surface area contributed by atoms with Gasteiger partial charge in [-0.15, -0.1) is 4.91 Å². The second kappa shape index (κ2) is 3.99. The van der Waals surface area contributed by atoms with Crippen molar-refractivity contribution in [2.24, 2.45) is 5.18 Å². The van der Waals surface area contributed by atoms with Crippen molar-refractivity contribution in [3.8, 4) is 5.75 Å². The maximum absolute atomic E-state index is 11.3. The molecule has 2 aromatic rings.